The molecule has 1 saturated carbocycles. The third-order valence-electron chi connectivity index (χ3n) is 3.65. The molecule has 0 aliphatic heterocycles. The van der Waals surface area contributed by atoms with Crippen molar-refractivity contribution >= 4 is 29.1 Å². The highest BCUT2D eigenvalue weighted by molar-refractivity contribution is 7.12. The minimum absolute atomic E-state index is 0.163. The van der Waals surface area contributed by atoms with E-state index in [1.807, 2.05) is 6.07 Å². The van der Waals surface area contributed by atoms with Crippen LogP contribution in [0.1, 0.15) is 34.2 Å². The Kier molecular flexibility index (Phi) is 5.45. The van der Waals surface area contributed by atoms with Crippen molar-refractivity contribution in [2.45, 2.75) is 25.0 Å². The Morgan fingerprint density at radius 2 is 1.88 bits per heavy atom. The predicted molar refractivity (Wildman–Crippen MR) is 93.1 cm³/mol. The fourth-order valence-electron chi connectivity index (χ4n) is 2.23. The van der Waals surface area contributed by atoms with Crippen LogP contribution in [0.2, 0.25) is 0 Å². The van der Waals surface area contributed by atoms with Gasteiger partial charge in [-0.2, -0.15) is 0 Å². The number of nitrogens with one attached hydrogen (secondary N) is 2. The van der Waals surface area contributed by atoms with Gasteiger partial charge in [-0.05, 0) is 24.3 Å². The van der Waals surface area contributed by atoms with Crippen molar-refractivity contribution in [3.63, 3.8) is 0 Å². The van der Waals surface area contributed by atoms with Crippen LogP contribution >= 0.6 is 11.3 Å². The number of thiophene rings is 1. The molecule has 6 nitrogen and oxygen atoms in total. The van der Waals surface area contributed by atoms with E-state index in [-0.39, 0.29) is 24.4 Å². The van der Waals surface area contributed by atoms with Gasteiger partial charge in [0.1, 0.15) is 6.54 Å². The molecule has 7 heteroatoms. The first-order chi connectivity index (χ1) is 12.1. The monoisotopic (exact) mass is 358 g/mol. The summed E-state index contributed by atoms with van der Waals surface area (Å²) >= 11 is 1.28. The lowest BCUT2D eigenvalue weighted by Crippen LogP contribution is -2.36. The number of hydrogen-bond acceptors (Lipinski definition) is 5. The van der Waals surface area contributed by atoms with Gasteiger partial charge < -0.3 is 15.4 Å². The van der Waals surface area contributed by atoms with Crippen molar-refractivity contribution in [1.29, 1.82) is 0 Å². The van der Waals surface area contributed by atoms with Gasteiger partial charge in [-0.3, -0.25) is 14.4 Å². The summed E-state index contributed by atoms with van der Waals surface area (Å²) in [4.78, 5) is 36.9. The number of carbonyl (C=O) groups is 3. The van der Waals surface area contributed by atoms with E-state index in [1.54, 1.807) is 41.8 Å². The minimum Gasteiger partial charge on any atom is -0.446 e. The Morgan fingerprint density at radius 3 is 2.52 bits per heavy atom. The van der Waals surface area contributed by atoms with E-state index in [2.05, 4.69) is 10.6 Å². The maximum atomic E-state index is 12.4. The number of carbonyl (C=O) groups excluding carboxylic acids is 3. The first-order valence-electron chi connectivity index (χ1n) is 8.00. The van der Waals surface area contributed by atoms with Gasteiger partial charge in [0.15, 0.2) is 0 Å². The maximum Gasteiger partial charge on any atom is 0.326 e. The molecule has 25 heavy (non-hydrogen) atoms. The average molecular weight is 358 g/mol. The molecule has 2 aromatic rings. The van der Waals surface area contributed by atoms with E-state index < -0.39 is 12.1 Å². The molecule has 0 saturated heterocycles. The number of amides is 2. The fourth-order valence-corrected chi connectivity index (χ4v) is 2.87. The molecule has 1 aromatic carbocycles. The fraction of sp³-hybridized carbons (Fsp3) is 0.278. The number of esters is 1. The SMILES string of the molecule is O=C(CNC(=O)c1cccs1)O[C@@H](C(=O)NC1CC1)c1ccccc1. The molecular formula is C18H18N2O4S. The van der Waals surface area contributed by atoms with Crippen LogP contribution in [-0.4, -0.2) is 30.4 Å². The summed E-state index contributed by atoms with van der Waals surface area (Å²) in [6.07, 6.45) is 0.865. The summed E-state index contributed by atoms with van der Waals surface area (Å²) in [5.41, 5.74) is 0.596. The molecular weight excluding hydrogens is 340 g/mol. The standard InChI is InChI=1S/C18H18N2O4S/c21-15(11-19-17(22)14-7-4-10-25-14)24-16(12-5-2-1-3-6-12)18(23)20-13-8-9-13/h1-7,10,13,16H,8-9,11H2,(H,19,22)(H,20,23)/t16-/m1/s1. The van der Waals surface area contributed by atoms with E-state index >= 15 is 0 Å². The number of rotatable bonds is 7. The smallest absolute Gasteiger partial charge is 0.326 e. The molecule has 1 atom stereocenters. The lowest BCUT2D eigenvalue weighted by atomic mass is 10.1. The molecule has 1 fully saturated rings. The van der Waals surface area contributed by atoms with Crippen LogP contribution in [0.4, 0.5) is 0 Å². The number of ether oxygens (including phenoxy) is 1. The summed E-state index contributed by atoms with van der Waals surface area (Å²) in [7, 11) is 0. The molecule has 1 aliphatic rings. The normalized spacial score (nSPS) is 14.4. The average Bonchev–Trinajstić information content (AvgIpc) is 3.26. The van der Waals surface area contributed by atoms with Crippen molar-refractivity contribution in [3.8, 4) is 0 Å². The van der Waals surface area contributed by atoms with Crippen LogP contribution in [-0.2, 0) is 14.3 Å². The second-order valence-electron chi connectivity index (χ2n) is 5.72. The van der Waals surface area contributed by atoms with E-state index in [4.69, 9.17) is 4.74 Å². The van der Waals surface area contributed by atoms with Crippen LogP contribution in [0, 0.1) is 0 Å². The van der Waals surface area contributed by atoms with Crippen molar-refractivity contribution in [2.24, 2.45) is 0 Å². The quantitative estimate of drug-likeness (QED) is 0.742. The first-order valence-corrected chi connectivity index (χ1v) is 8.88. The van der Waals surface area contributed by atoms with E-state index in [1.165, 1.54) is 11.3 Å². The van der Waals surface area contributed by atoms with Gasteiger partial charge in [0.05, 0.1) is 4.88 Å². The van der Waals surface area contributed by atoms with E-state index in [0.29, 0.717) is 10.4 Å². The second-order valence-corrected chi connectivity index (χ2v) is 6.67. The summed E-state index contributed by atoms with van der Waals surface area (Å²) in [5, 5.41) is 7.12. The van der Waals surface area contributed by atoms with Gasteiger partial charge in [0.25, 0.3) is 11.8 Å². The maximum absolute atomic E-state index is 12.4. The van der Waals surface area contributed by atoms with Gasteiger partial charge in [-0.15, -0.1) is 11.3 Å². The Morgan fingerprint density at radius 1 is 1.12 bits per heavy atom. The number of benzene rings is 1. The predicted octanol–water partition coefficient (Wildman–Crippen LogP) is 2.04. The van der Waals surface area contributed by atoms with Crippen LogP contribution < -0.4 is 10.6 Å². The summed E-state index contributed by atoms with van der Waals surface area (Å²) in [5.74, 6) is -1.35. The highest BCUT2D eigenvalue weighted by Gasteiger charge is 2.30. The number of hydrogen-bond donors (Lipinski definition) is 2. The van der Waals surface area contributed by atoms with Gasteiger partial charge in [-0.1, -0.05) is 36.4 Å². The van der Waals surface area contributed by atoms with E-state index in [0.717, 1.165) is 12.8 Å². The van der Waals surface area contributed by atoms with E-state index in [9.17, 15) is 14.4 Å². The van der Waals surface area contributed by atoms with Crippen molar-refractivity contribution in [1.82, 2.24) is 10.6 Å². The minimum atomic E-state index is -1.02. The summed E-state index contributed by atoms with van der Waals surface area (Å²) < 4.78 is 5.33. The van der Waals surface area contributed by atoms with Crippen LogP contribution in [0.15, 0.2) is 47.8 Å². The molecule has 1 aromatic heterocycles. The molecule has 1 heterocycles. The molecule has 3 rings (SSSR count). The molecule has 1 aliphatic carbocycles. The molecule has 2 amide bonds. The first kappa shape index (κ1) is 17.2. The molecule has 130 valence electrons. The highest BCUT2D eigenvalue weighted by atomic mass is 32.1. The van der Waals surface area contributed by atoms with Gasteiger partial charge in [-0.25, -0.2) is 0 Å². The Hall–Kier alpha value is -2.67. The second kappa shape index (κ2) is 7.94. The molecule has 0 bridgehead atoms. The Bertz CT molecular complexity index is 742. The van der Waals surface area contributed by atoms with Gasteiger partial charge >= 0.3 is 5.97 Å². The van der Waals surface area contributed by atoms with Crippen LogP contribution in [0.5, 0.6) is 0 Å². The lowest BCUT2D eigenvalue weighted by molar-refractivity contribution is -0.155. The van der Waals surface area contributed by atoms with Crippen molar-refractivity contribution < 1.29 is 19.1 Å². The zero-order valence-corrected chi connectivity index (χ0v) is 14.3. The lowest BCUT2D eigenvalue weighted by Gasteiger charge is -2.18. The Labute approximate surface area is 149 Å². The Balaban J connectivity index is 1.59. The molecule has 2 N–H and O–H groups in total. The summed E-state index contributed by atoms with van der Waals surface area (Å²) in [6, 6.07) is 12.4. The highest BCUT2D eigenvalue weighted by Crippen LogP contribution is 2.23. The van der Waals surface area contributed by atoms with Crippen molar-refractivity contribution in [3.05, 3.63) is 58.3 Å². The van der Waals surface area contributed by atoms with Crippen LogP contribution in [0.25, 0.3) is 0 Å². The van der Waals surface area contributed by atoms with Crippen LogP contribution in [0.3, 0.4) is 0 Å². The third kappa shape index (κ3) is 4.90. The molecule has 0 radical (unpaired) electrons. The molecule has 0 unspecified atom stereocenters. The topological polar surface area (TPSA) is 84.5 Å². The van der Waals surface area contributed by atoms with Gasteiger partial charge in [0, 0.05) is 11.6 Å². The largest absolute Gasteiger partial charge is 0.446 e. The van der Waals surface area contributed by atoms with Crippen molar-refractivity contribution in [2.75, 3.05) is 6.54 Å². The zero-order valence-electron chi connectivity index (χ0n) is 13.4. The zero-order chi connectivity index (χ0) is 17.6. The third-order valence-corrected chi connectivity index (χ3v) is 4.52. The van der Waals surface area contributed by atoms with Gasteiger partial charge in [0.2, 0.25) is 6.10 Å². The summed E-state index contributed by atoms with van der Waals surface area (Å²) in [6.45, 7) is -0.295. The molecule has 0 spiro atoms.